The lowest BCUT2D eigenvalue weighted by Crippen LogP contribution is -2.41. The normalized spacial score (nSPS) is 19.0. The van der Waals surface area contributed by atoms with Crippen LogP contribution in [0.3, 0.4) is 0 Å². The van der Waals surface area contributed by atoms with E-state index in [0.717, 1.165) is 48.0 Å². The molecule has 0 spiro atoms. The summed E-state index contributed by atoms with van der Waals surface area (Å²) in [6.45, 7) is 5.58. The van der Waals surface area contributed by atoms with Gasteiger partial charge in [-0.25, -0.2) is 14.2 Å². The van der Waals surface area contributed by atoms with Crippen molar-refractivity contribution >= 4 is 17.1 Å². The lowest BCUT2D eigenvalue weighted by atomic mass is 9.83. The Hall–Kier alpha value is -3.09. The van der Waals surface area contributed by atoms with Crippen LogP contribution in [0.2, 0.25) is 0 Å². The average Bonchev–Trinajstić information content (AvgIpc) is 3.17. The molecule has 2 unspecified atom stereocenters. The highest BCUT2D eigenvalue weighted by Gasteiger charge is 2.27. The molecule has 1 saturated carbocycles. The molecule has 2 aromatic heterocycles. The number of H-pyrrole nitrogens is 1. The molecule has 1 amide bonds. The number of pyridine rings is 1. The molecule has 0 saturated heterocycles. The van der Waals surface area contributed by atoms with Crippen molar-refractivity contribution in [1.82, 2.24) is 15.3 Å². The predicted octanol–water partition coefficient (Wildman–Crippen LogP) is 5.93. The smallest absolute Gasteiger partial charge is 0.407 e. The molecule has 1 aromatic carbocycles. The Labute approximate surface area is 187 Å². The molecule has 0 bridgehead atoms. The monoisotopic (exact) mass is 439 g/mol. The van der Waals surface area contributed by atoms with E-state index in [2.05, 4.69) is 21.4 Å². The van der Waals surface area contributed by atoms with Gasteiger partial charge in [0.05, 0.1) is 7.11 Å². The van der Waals surface area contributed by atoms with E-state index in [9.17, 15) is 9.18 Å². The van der Waals surface area contributed by atoms with Crippen LogP contribution in [0, 0.1) is 5.82 Å². The first-order chi connectivity index (χ1) is 15.2. The first-order valence-electron chi connectivity index (χ1n) is 11.0. The van der Waals surface area contributed by atoms with Crippen LogP contribution in [0.4, 0.5) is 9.18 Å². The van der Waals surface area contributed by atoms with Crippen LogP contribution in [0.15, 0.2) is 36.5 Å². The number of nitrogens with zero attached hydrogens (tertiary/aromatic N) is 1. The molecule has 2 heterocycles. The summed E-state index contributed by atoms with van der Waals surface area (Å²) < 4.78 is 24.9. The number of ether oxygens (including phenoxy) is 2. The highest BCUT2D eigenvalue weighted by atomic mass is 19.1. The van der Waals surface area contributed by atoms with Crippen molar-refractivity contribution in [1.29, 1.82) is 0 Å². The Morgan fingerprint density at radius 1 is 1.19 bits per heavy atom. The van der Waals surface area contributed by atoms with Gasteiger partial charge in [0.2, 0.25) is 0 Å². The van der Waals surface area contributed by atoms with Gasteiger partial charge in [0, 0.05) is 34.8 Å². The average molecular weight is 440 g/mol. The fourth-order valence-electron chi connectivity index (χ4n) is 4.47. The summed E-state index contributed by atoms with van der Waals surface area (Å²) >= 11 is 0. The molecule has 0 aliphatic heterocycles. The van der Waals surface area contributed by atoms with Gasteiger partial charge < -0.3 is 19.8 Å². The summed E-state index contributed by atoms with van der Waals surface area (Å²) in [5, 5.41) is 3.94. The molecule has 1 aliphatic carbocycles. The highest BCUT2D eigenvalue weighted by molar-refractivity contribution is 5.95. The zero-order valence-electron chi connectivity index (χ0n) is 19.0. The number of aromatic amines is 1. The number of nitrogens with one attached hydrogen (secondary N) is 2. The number of benzene rings is 1. The predicted molar refractivity (Wildman–Crippen MR) is 122 cm³/mol. The lowest BCUT2D eigenvalue weighted by molar-refractivity contribution is 0.0490. The summed E-state index contributed by atoms with van der Waals surface area (Å²) in [4.78, 5) is 20.1. The second-order valence-electron chi connectivity index (χ2n) is 9.40. The van der Waals surface area contributed by atoms with E-state index in [1.807, 2.05) is 26.8 Å². The number of halogens is 1. The number of methoxy groups -OCH3 is 1. The second-order valence-corrected chi connectivity index (χ2v) is 9.40. The number of rotatable bonds is 4. The van der Waals surface area contributed by atoms with Gasteiger partial charge in [-0.3, -0.25) is 0 Å². The third-order valence-corrected chi connectivity index (χ3v) is 5.84. The van der Waals surface area contributed by atoms with Crippen LogP contribution in [0.1, 0.15) is 58.1 Å². The number of hydrogen-bond donors (Lipinski definition) is 2. The number of carbonyl (C=O) groups is 1. The number of amides is 1. The number of fused-ring (bicyclic) bond motifs is 1. The SMILES string of the molecule is COc1ccc(F)cc1-c1ccnc2[nH]c(C3CCCC(NC(=O)OC(C)(C)C)C3)cc12. The molecule has 2 atom stereocenters. The van der Waals surface area contributed by atoms with E-state index < -0.39 is 5.60 Å². The lowest BCUT2D eigenvalue weighted by Gasteiger charge is -2.30. The molecule has 3 aromatic rings. The Kier molecular flexibility index (Phi) is 6.09. The first kappa shape index (κ1) is 22.1. The molecule has 170 valence electrons. The fraction of sp³-hybridized carbons (Fsp3) is 0.440. The number of hydrogen-bond acceptors (Lipinski definition) is 4. The van der Waals surface area contributed by atoms with Crippen LogP contribution in [-0.4, -0.2) is 34.8 Å². The molecule has 1 fully saturated rings. The number of carbonyl (C=O) groups excluding carboxylic acids is 1. The largest absolute Gasteiger partial charge is 0.496 e. The third-order valence-electron chi connectivity index (χ3n) is 5.84. The summed E-state index contributed by atoms with van der Waals surface area (Å²) in [5.41, 5.74) is 2.87. The van der Waals surface area contributed by atoms with Crippen LogP contribution in [-0.2, 0) is 4.74 Å². The molecule has 4 rings (SSSR count). The molecule has 7 heteroatoms. The number of aromatic nitrogens is 2. The fourth-order valence-corrected chi connectivity index (χ4v) is 4.47. The van der Waals surface area contributed by atoms with Gasteiger partial charge in [-0.05, 0) is 75.9 Å². The Morgan fingerprint density at radius 3 is 2.75 bits per heavy atom. The van der Waals surface area contributed by atoms with Crippen molar-refractivity contribution in [2.75, 3.05) is 7.11 Å². The second kappa shape index (κ2) is 8.81. The molecule has 2 N–H and O–H groups in total. The van der Waals surface area contributed by atoms with E-state index >= 15 is 0 Å². The van der Waals surface area contributed by atoms with Crippen molar-refractivity contribution < 1.29 is 18.7 Å². The summed E-state index contributed by atoms with van der Waals surface area (Å²) in [7, 11) is 1.58. The Morgan fingerprint density at radius 2 is 2.00 bits per heavy atom. The molecule has 1 aliphatic rings. The third kappa shape index (κ3) is 4.87. The van der Waals surface area contributed by atoms with Crippen LogP contribution in [0.5, 0.6) is 5.75 Å². The minimum Gasteiger partial charge on any atom is -0.496 e. The van der Waals surface area contributed by atoms with Gasteiger partial charge in [0.25, 0.3) is 0 Å². The van der Waals surface area contributed by atoms with E-state index in [0.29, 0.717) is 11.3 Å². The van der Waals surface area contributed by atoms with E-state index in [-0.39, 0.29) is 23.9 Å². The van der Waals surface area contributed by atoms with Crippen molar-refractivity contribution in [3.05, 3.63) is 48.0 Å². The summed E-state index contributed by atoms with van der Waals surface area (Å²) in [5.74, 6) is 0.561. The quantitative estimate of drug-likeness (QED) is 0.528. The van der Waals surface area contributed by atoms with E-state index in [1.165, 1.54) is 12.1 Å². The van der Waals surface area contributed by atoms with Crippen LogP contribution >= 0.6 is 0 Å². The maximum absolute atomic E-state index is 14.0. The van der Waals surface area contributed by atoms with Crippen molar-refractivity contribution in [3.8, 4) is 16.9 Å². The maximum atomic E-state index is 14.0. The minimum atomic E-state index is -0.518. The topological polar surface area (TPSA) is 76.2 Å². The zero-order chi connectivity index (χ0) is 22.9. The van der Waals surface area contributed by atoms with Crippen LogP contribution < -0.4 is 10.1 Å². The summed E-state index contributed by atoms with van der Waals surface area (Å²) in [6.07, 6.45) is 5.14. The zero-order valence-corrected chi connectivity index (χ0v) is 19.0. The molecule has 6 nitrogen and oxygen atoms in total. The standard InChI is InChI=1S/C25H30FN3O3/c1-25(2,3)32-24(30)28-17-7-5-6-15(12-17)21-14-20-18(10-11-27-23(20)29-21)19-13-16(26)8-9-22(19)31-4/h8-11,13-15,17H,5-7,12H2,1-4H3,(H,27,29)(H,28,30). The van der Waals surface area contributed by atoms with Gasteiger partial charge in [0.15, 0.2) is 0 Å². The van der Waals surface area contributed by atoms with Gasteiger partial charge in [0.1, 0.15) is 22.8 Å². The van der Waals surface area contributed by atoms with Crippen molar-refractivity contribution in [2.24, 2.45) is 0 Å². The van der Waals surface area contributed by atoms with E-state index in [4.69, 9.17) is 9.47 Å². The Bertz CT molecular complexity index is 1120. The molecule has 32 heavy (non-hydrogen) atoms. The first-order valence-corrected chi connectivity index (χ1v) is 11.0. The van der Waals surface area contributed by atoms with Crippen LogP contribution in [0.25, 0.3) is 22.2 Å². The molecular formula is C25H30FN3O3. The highest BCUT2D eigenvalue weighted by Crippen LogP contribution is 2.38. The Balaban J connectivity index is 1.59. The van der Waals surface area contributed by atoms with Gasteiger partial charge >= 0.3 is 6.09 Å². The summed E-state index contributed by atoms with van der Waals surface area (Å²) in [6, 6.07) is 8.56. The molecule has 0 radical (unpaired) electrons. The van der Waals surface area contributed by atoms with Gasteiger partial charge in [-0.15, -0.1) is 0 Å². The molecular weight excluding hydrogens is 409 g/mol. The van der Waals surface area contributed by atoms with E-state index in [1.54, 1.807) is 19.4 Å². The van der Waals surface area contributed by atoms with Crippen molar-refractivity contribution in [2.45, 2.75) is 64.0 Å². The number of alkyl carbamates (subject to hydrolysis) is 1. The van der Waals surface area contributed by atoms with Crippen molar-refractivity contribution in [3.63, 3.8) is 0 Å². The van der Waals surface area contributed by atoms with Gasteiger partial charge in [-0.2, -0.15) is 0 Å². The van der Waals surface area contributed by atoms with Gasteiger partial charge in [-0.1, -0.05) is 6.42 Å². The minimum absolute atomic E-state index is 0.0609. The maximum Gasteiger partial charge on any atom is 0.407 e.